The van der Waals surface area contributed by atoms with Gasteiger partial charge in [0.15, 0.2) is 18.7 Å². The lowest BCUT2D eigenvalue weighted by molar-refractivity contribution is -0.127. The Morgan fingerprint density at radius 2 is 2.11 bits per heavy atom. The van der Waals surface area contributed by atoms with Gasteiger partial charge < -0.3 is 34.7 Å². The molecule has 2 atom stereocenters. The SMILES string of the molecule is COc1cc(O)c(C=O)c(OCC(=O)Nc2cc([C@H]3CC[C@@H](OC(=O)NCCOC(F)F)C3)[nH]n2)c1. The zero-order chi connectivity index (χ0) is 26.1. The van der Waals surface area contributed by atoms with E-state index in [1.807, 2.05) is 0 Å². The number of methoxy groups -OCH3 is 1. The molecule has 0 radical (unpaired) electrons. The summed E-state index contributed by atoms with van der Waals surface area (Å²) in [6.07, 6.45) is 1.18. The summed E-state index contributed by atoms with van der Waals surface area (Å²) >= 11 is 0. The van der Waals surface area contributed by atoms with E-state index < -0.39 is 25.2 Å². The van der Waals surface area contributed by atoms with Crippen LogP contribution in [0.25, 0.3) is 0 Å². The predicted octanol–water partition coefficient (Wildman–Crippen LogP) is 2.56. The molecule has 0 aliphatic heterocycles. The molecule has 196 valence electrons. The van der Waals surface area contributed by atoms with Crippen LogP contribution in [0.15, 0.2) is 18.2 Å². The summed E-state index contributed by atoms with van der Waals surface area (Å²) in [6, 6.07) is 4.28. The maximum atomic E-state index is 12.3. The van der Waals surface area contributed by atoms with Crippen LogP contribution >= 0.6 is 0 Å². The van der Waals surface area contributed by atoms with E-state index in [9.17, 15) is 28.3 Å². The van der Waals surface area contributed by atoms with Crippen LogP contribution in [0.2, 0.25) is 0 Å². The van der Waals surface area contributed by atoms with Crippen molar-refractivity contribution in [3.63, 3.8) is 0 Å². The Kier molecular flexibility index (Phi) is 9.39. The Balaban J connectivity index is 1.45. The van der Waals surface area contributed by atoms with E-state index in [2.05, 4.69) is 25.6 Å². The second-order valence-electron chi connectivity index (χ2n) is 7.82. The summed E-state index contributed by atoms with van der Waals surface area (Å²) in [5, 5.41) is 21.7. The zero-order valence-electron chi connectivity index (χ0n) is 19.3. The van der Waals surface area contributed by atoms with Gasteiger partial charge in [0.2, 0.25) is 0 Å². The summed E-state index contributed by atoms with van der Waals surface area (Å²) < 4.78 is 43.5. The summed E-state index contributed by atoms with van der Waals surface area (Å²) in [4.78, 5) is 35.3. The van der Waals surface area contributed by atoms with Crippen LogP contribution in [0.1, 0.15) is 41.2 Å². The summed E-state index contributed by atoms with van der Waals surface area (Å²) in [5.74, 6) is -0.385. The number of carbonyl (C=O) groups excluding carboxylic acids is 3. The van der Waals surface area contributed by atoms with E-state index in [0.717, 1.165) is 5.69 Å². The number of hydrogen-bond acceptors (Lipinski definition) is 9. The number of nitrogens with zero attached hydrogens (tertiary/aromatic N) is 1. The number of H-pyrrole nitrogens is 1. The molecule has 36 heavy (non-hydrogen) atoms. The average Bonchev–Trinajstić information content (AvgIpc) is 3.49. The molecule has 1 heterocycles. The lowest BCUT2D eigenvalue weighted by Crippen LogP contribution is -2.31. The molecule has 1 aromatic heterocycles. The van der Waals surface area contributed by atoms with Crippen LogP contribution in [0.5, 0.6) is 17.2 Å². The molecule has 1 aromatic carbocycles. The van der Waals surface area contributed by atoms with Crippen molar-refractivity contribution in [2.45, 2.75) is 37.9 Å². The highest BCUT2D eigenvalue weighted by Crippen LogP contribution is 2.36. The van der Waals surface area contributed by atoms with Crippen LogP contribution in [0.4, 0.5) is 19.4 Å². The molecule has 3 rings (SSSR count). The van der Waals surface area contributed by atoms with Crippen LogP contribution < -0.4 is 20.1 Å². The normalized spacial score (nSPS) is 17.0. The van der Waals surface area contributed by atoms with Gasteiger partial charge in [-0.15, -0.1) is 0 Å². The third-order valence-corrected chi connectivity index (χ3v) is 5.38. The summed E-state index contributed by atoms with van der Waals surface area (Å²) in [5.41, 5.74) is 0.628. The topological polar surface area (TPSA) is 161 Å². The molecule has 1 fully saturated rings. The molecule has 14 heteroatoms. The van der Waals surface area contributed by atoms with Gasteiger partial charge in [-0.25, -0.2) is 4.79 Å². The van der Waals surface area contributed by atoms with Crippen LogP contribution in [-0.4, -0.2) is 73.2 Å². The lowest BCUT2D eigenvalue weighted by atomic mass is 10.0. The van der Waals surface area contributed by atoms with Crippen LogP contribution in [0.3, 0.4) is 0 Å². The molecule has 1 saturated carbocycles. The number of anilines is 1. The van der Waals surface area contributed by atoms with E-state index in [1.165, 1.54) is 19.2 Å². The number of rotatable bonds is 12. The van der Waals surface area contributed by atoms with Gasteiger partial charge in [-0.2, -0.15) is 13.9 Å². The number of ether oxygens (including phenoxy) is 4. The highest BCUT2D eigenvalue weighted by Gasteiger charge is 2.30. The minimum absolute atomic E-state index is 0.00859. The second kappa shape index (κ2) is 12.7. The second-order valence-corrected chi connectivity index (χ2v) is 7.82. The number of halogens is 2. The average molecular weight is 512 g/mol. The number of alkyl carbamates (subject to hydrolysis) is 1. The molecule has 0 spiro atoms. The van der Waals surface area contributed by atoms with Gasteiger partial charge >= 0.3 is 12.7 Å². The molecule has 0 bridgehead atoms. The first-order valence-electron chi connectivity index (χ1n) is 11.0. The van der Waals surface area contributed by atoms with Crippen LogP contribution in [0, 0.1) is 0 Å². The van der Waals surface area contributed by atoms with E-state index in [1.54, 1.807) is 6.07 Å². The third-order valence-electron chi connectivity index (χ3n) is 5.38. The Morgan fingerprint density at radius 3 is 2.83 bits per heavy atom. The van der Waals surface area contributed by atoms with Crippen molar-refractivity contribution >= 4 is 24.1 Å². The standard InChI is InChI=1S/C22H26F2N4O8/c1-33-14-7-17(30)15(10-29)18(8-14)35-11-20(31)26-19-9-16(27-28-19)12-2-3-13(6-12)36-22(32)25-4-5-34-21(23)24/h7-10,12-13,21,30H,2-6,11H2,1H3,(H,25,32)(H2,26,27,28,31)/t12-,13+/m0/s1. The highest BCUT2D eigenvalue weighted by molar-refractivity contribution is 5.91. The predicted molar refractivity (Wildman–Crippen MR) is 120 cm³/mol. The number of aromatic amines is 1. The Hall–Kier alpha value is -3.94. The van der Waals surface area contributed by atoms with Gasteiger partial charge in [0.05, 0.1) is 19.3 Å². The molecular weight excluding hydrogens is 486 g/mol. The number of aldehydes is 1. The van der Waals surface area contributed by atoms with Crippen molar-refractivity contribution in [3.8, 4) is 17.2 Å². The maximum Gasteiger partial charge on any atom is 0.407 e. The van der Waals surface area contributed by atoms with E-state index >= 15 is 0 Å². The fourth-order valence-corrected chi connectivity index (χ4v) is 3.70. The molecule has 4 N–H and O–H groups in total. The fraction of sp³-hybridized carbons (Fsp3) is 0.455. The van der Waals surface area contributed by atoms with Crippen molar-refractivity contribution in [1.29, 1.82) is 0 Å². The number of phenolic OH excluding ortho intramolecular Hbond substituents is 1. The lowest BCUT2D eigenvalue weighted by Gasteiger charge is -2.13. The van der Waals surface area contributed by atoms with E-state index in [4.69, 9.17) is 14.2 Å². The Bertz CT molecular complexity index is 1060. The number of alkyl halides is 2. The minimum atomic E-state index is -2.90. The first kappa shape index (κ1) is 26.7. The number of aromatic hydroxyl groups is 1. The number of hydrogen-bond donors (Lipinski definition) is 4. The van der Waals surface area contributed by atoms with Crippen molar-refractivity contribution < 1.29 is 47.2 Å². The van der Waals surface area contributed by atoms with Crippen LogP contribution in [-0.2, 0) is 14.3 Å². The fourth-order valence-electron chi connectivity index (χ4n) is 3.70. The van der Waals surface area contributed by atoms with Gasteiger partial charge in [0.25, 0.3) is 5.91 Å². The number of benzene rings is 1. The van der Waals surface area contributed by atoms with Gasteiger partial charge in [-0.3, -0.25) is 14.7 Å². The molecule has 12 nitrogen and oxygen atoms in total. The highest BCUT2D eigenvalue weighted by atomic mass is 19.3. The minimum Gasteiger partial charge on any atom is -0.507 e. The number of phenols is 1. The largest absolute Gasteiger partial charge is 0.507 e. The quantitative estimate of drug-likeness (QED) is 0.247. The smallest absolute Gasteiger partial charge is 0.407 e. The van der Waals surface area contributed by atoms with Crippen molar-refractivity contribution in [2.75, 3.05) is 32.2 Å². The molecule has 2 amide bonds. The van der Waals surface area contributed by atoms with Gasteiger partial charge in [-0.05, 0) is 19.3 Å². The van der Waals surface area contributed by atoms with Gasteiger partial charge in [0.1, 0.15) is 23.4 Å². The van der Waals surface area contributed by atoms with Gasteiger partial charge in [-0.1, -0.05) is 0 Å². The van der Waals surface area contributed by atoms with Crippen molar-refractivity contribution in [3.05, 3.63) is 29.5 Å². The maximum absolute atomic E-state index is 12.3. The Morgan fingerprint density at radius 1 is 1.31 bits per heavy atom. The number of nitrogens with one attached hydrogen (secondary N) is 3. The first-order valence-corrected chi connectivity index (χ1v) is 11.0. The molecule has 2 aromatic rings. The van der Waals surface area contributed by atoms with Crippen molar-refractivity contribution in [1.82, 2.24) is 15.5 Å². The molecule has 1 aliphatic carbocycles. The van der Waals surface area contributed by atoms with Crippen molar-refractivity contribution in [2.24, 2.45) is 0 Å². The van der Waals surface area contributed by atoms with E-state index in [0.29, 0.717) is 25.5 Å². The number of carbonyl (C=O) groups is 3. The molecule has 0 saturated heterocycles. The van der Waals surface area contributed by atoms with E-state index in [-0.39, 0.29) is 53.8 Å². The molecule has 0 unspecified atom stereocenters. The summed E-state index contributed by atoms with van der Waals surface area (Å²) in [6.45, 7) is -3.77. The first-order chi connectivity index (χ1) is 17.3. The summed E-state index contributed by atoms with van der Waals surface area (Å²) in [7, 11) is 1.38. The zero-order valence-corrected chi connectivity index (χ0v) is 19.3. The number of aromatic nitrogens is 2. The third kappa shape index (κ3) is 7.53. The molecular formula is C22H26F2N4O8. The van der Waals surface area contributed by atoms with Gasteiger partial charge in [0, 0.05) is 36.4 Å². The molecule has 1 aliphatic rings. The monoisotopic (exact) mass is 512 g/mol. The Labute approximate surface area is 204 Å². The number of amides is 2.